The minimum absolute atomic E-state index is 0.421. The lowest BCUT2D eigenvalue weighted by Gasteiger charge is -2.25. The number of benzene rings is 2. The molecule has 0 radical (unpaired) electrons. The van der Waals surface area contributed by atoms with Crippen LogP contribution in [0.25, 0.3) is 28.3 Å². The van der Waals surface area contributed by atoms with Crippen LogP contribution in [0, 0.1) is 0 Å². The number of hydrogen-bond donors (Lipinski definition) is 1. The monoisotopic (exact) mass is 221 g/mol. The van der Waals surface area contributed by atoms with Crippen molar-refractivity contribution in [2.24, 2.45) is 5.73 Å². The average molecular weight is 221 g/mol. The molecule has 0 aromatic heterocycles. The first-order valence-corrected chi connectivity index (χ1v) is 5.47. The zero-order valence-corrected chi connectivity index (χ0v) is 9.18. The third kappa shape index (κ3) is 1.46. The number of nitrogens with two attached hydrogens (primary N) is 1. The van der Waals surface area contributed by atoms with Crippen LogP contribution < -0.4 is 5.73 Å². The quantitative estimate of drug-likeness (QED) is 0.664. The highest BCUT2D eigenvalue weighted by molar-refractivity contribution is 6.06. The van der Waals surface area contributed by atoms with Crippen LogP contribution in [0.1, 0.15) is 5.56 Å². The van der Waals surface area contributed by atoms with Gasteiger partial charge in [0.25, 0.3) is 0 Å². The van der Waals surface area contributed by atoms with Crippen molar-refractivity contribution in [3.63, 3.8) is 0 Å². The number of fused-ring (bicyclic) bond motifs is 4. The summed E-state index contributed by atoms with van der Waals surface area (Å²) in [6.07, 6.45) is 3.17. The van der Waals surface area contributed by atoms with E-state index >= 15 is 0 Å². The fourth-order valence-corrected chi connectivity index (χ4v) is 2.28. The smallest absolute Gasteiger partial charge is 0.241 e. The first kappa shape index (κ1) is 9.85. The third-order valence-electron chi connectivity index (χ3n) is 3.01. The lowest BCUT2D eigenvalue weighted by molar-refractivity contribution is -0.113. The number of carbonyl (C=O) groups excluding carboxylic acids is 1. The molecule has 2 heteroatoms. The fraction of sp³-hybridized carbons (Fsp3) is 0. The zero-order valence-electron chi connectivity index (χ0n) is 9.18. The Kier molecular flexibility index (Phi) is 2.08. The summed E-state index contributed by atoms with van der Waals surface area (Å²) in [7, 11) is 0. The van der Waals surface area contributed by atoms with Gasteiger partial charge in [0.1, 0.15) is 0 Å². The highest BCUT2D eigenvalue weighted by Gasteiger charge is 2.23. The molecule has 3 rings (SSSR count). The number of primary amides is 1. The number of rotatable bonds is 2. The van der Waals surface area contributed by atoms with Gasteiger partial charge in [0.05, 0.1) is 0 Å². The van der Waals surface area contributed by atoms with Gasteiger partial charge in [0.2, 0.25) is 5.91 Å². The molecule has 0 fully saturated rings. The molecule has 2 aromatic rings. The molecule has 82 valence electrons. The summed E-state index contributed by atoms with van der Waals surface area (Å²) < 4.78 is 0. The molecule has 0 unspecified atom stereocenters. The molecular weight excluding hydrogens is 210 g/mol. The van der Waals surface area contributed by atoms with Gasteiger partial charge in [-0.2, -0.15) is 0 Å². The Balaban J connectivity index is 2.12. The molecule has 0 bridgehead atoms. The van der Waals surface area contributed by atoms with Gasteiger partial charge in [-0.3, -0.25) is 4.79 Å². The Bertz CT molecular complexity index is 641. The molecule has 2 N–H and O–H groups in total. The molecule has 0 saturated heterocycles. The van der Waals surface area contributed by atoms with E-state index in [-0.39, 0.29) is 0 Å². The summed E-state index contributed by atoms with van der Waals surface area (Å²) in [5.41, 5.74) is 11.1. The van der Waals surface area contributed by atoms with Crippen LogP contribution in [0.5, 0.6) is 0 Å². The summed E-state index contributed by atoms with van der Waals surface area (Å²) in [6, 6.07) is 14.4. The number of amides is 1. The summed E-state index contributed by atoms with van der Waals surface area (Å²) in [6.45, 7) is 0. The first-order valence-electron chi connectivity index (χ1n) is 5.47. The van der Waals surface area contributed by atoms with Gasteiger partial charge in [-0.1, -0.05) is 42.5 Å². The molecule has 2 nitrogen and oxygen atoms in total. The number of carbonyl (C=O) groups is 1. The summed E-state index contributed by atoms with van der Waals surface area (Å²) in [5.74, 6) is -0.421. The molecule has 17 heavy (non-hydrogen) atoms. The maximum atomic E-state index is 10.8. The van der Waals surface area contributed by atoms with Crippen molar-refractivity contribution in [2.45, 2.75) is 0 Å². The molecule has 0 saturated carbocycles. The van der Waals surface area contributed by atoms with Crippen molar-refractivity contribution in [1.82, 2.24) is 0 Å². The van der Waals surface area contributed by atoms with E-state index in [9.17, 15) is 4.79 Å². The summed E-state index contributed by atoms with van der Waals surface area (Å²) >= 11 is 0. The van der Waals surface area contributed by atoms with E-state index in [1.54, 1.807) is 6.08 Å². The molecule has 1 amide bonds. The van der Waals surface area contributed by atoms with E-state index in [0.717, 1.165) is 5.56 Å². The van der Waals surface area contributed by atoms with Crippen LogP contribution in [0.4, 0.5) is 0 Å². The van der Waals surface area contributed by atoms with Crippen LogP contribution in [0.3, 0.4) is 0 Å². The van der Waals surface area contributed by atoms with E-state index in [1.165, 1.54) is 28.3 Å². The van der Waals surface area contributed by atoms with Gasteiger partial charge in [-0.15, -0.1) is 0 Å². The van der Waals surface area contributed by atoms with E-state index < -0.39 is 5.91 Å². The predicted octanol–water partition coefficient (Wildman–Crippen LogP) is 2.83. The maximum Gasteiger partial charge on any atom is 0.241 e. The molecular formula is C15H11NO. The molecule has 0 heterocycles. The van der Waals surface area contributed by atoms with E-state index in [4.69, 9.17) is 5.73 Å². The zero-order chi connectivity index (χ0) is 11.8. The lowest BCUT2D eigenvalue weighted by atomic mass is 9.78. The van der Waals surface area contributed by atoms with Gasteiger partial charge in [-0.25, -0.2) is 0 Å². The standard InChI is InChI=1S/C15H11NO/c16-14(17)9-8-10-4-3-7-13-11-5-1-2-6-12(11)15(10)13/h1-9H,(H2,16,17). The minimum atomic E-state index is -0.421. The Hall–Kier alpha value is -2.35. The normalized spacial score (nSPS) is 11.8. The molecule has 1 aliphatic carbocycles. The van der Waals surface area contributed by atoms with Crippen molar-refractivity contribution < 1.29 is 4.79 Å². The third-order valence-corrected chi connectivity index (χ3v) is 3.01. The maximum absolute atomic E-state index is 10.8. The van der Waals surface area contributed by atoms with Gasteiger partial charge in [0, 0.05) is 6.08 Å². The van der Waals surface area contributed by atoms with Crippen LogP contribution in [-0.4, -0.2) is 5.91 Å². The van der Waals surface area contributed by atoms with Gasteiger partial charge in [0.15, 0.2) is 0 Å². The van der Waals surface area contributed by atoms with Crippen LogP contribution in [-0.2, 0) is 4.79 Å². The molecule has 0 aliphatic heterocycles. The van der Waals surface area contributed by atoms with Crippen LogP contribution >= 0.6 is 0 Å². The highest BCUT2D eigenvalue weighted by atomic mass is 16.1. The van der Waals surface area contributed by atoms with Crippen molar-refractivity contribution in [1.29, 1.82) is 0 Å². The van der Waals surface area contributed by atoms with Gasteiger partial charge < -0.3 is 5.73 Å². The van der Waals surface area contributed by atoms with Crippen LogP contribution in [0.15, 0.2) is 48.5 Å². The fourth-order valence-electron chi connectivity index (χ4n) is 2.28. The molecule has 0 atom stereocenters. The highest BCUT2D eigenvalue weighted by Crippen LogP contribution is 2.48. The van der Waals surface area contributed by atoms with Gasteiger partial charge in [-0.05, 0) is 33.9 Å². The van der Waals surface area contributed by atoms with Crippen molar-refractivity contribution in [3.8, 4) is 22.3 Å². The Morgan fingerprint density at radius 2 is 1.65 bits per heavy atom. The largest absolute Gasteiger partial charge is 0.366 e. The van der Waals surface area contributed by atoms with E-state index in [2.05, 4.69) is 18.2 Å². The molecule has 1 aliphatic rings. The summed E-state index contributed by atoms with van der Waals surface area (Å²) in [4.78, 5) is 10.8. The first-order chi connectivity index (χ1) is 8.27. The second-order valence-electron chi connectivity index (χ2n) is 4.05. The summed E-state index contributed by atoms with van der Waals surface area (Å²) in [5, 5.41) is 0. The van der Waals surface area contributed by atoms with Crippen molar-refractivity contribution in [2.75, 3.05) is 0 Å². The lowest BCUT2D eigenvalue weighted by Crippen LogP contribution is -2.06. The minimum Gasteiger partial charge on any atom is -0.366 e. The Morgan fingerprint density at radius 1 is 0.941 bits per heavy atom. The molecule has 2 aromatic carbocycles. The second kappa shape index (κ2) is 3.59. The van der Waals surface area contributed by atoms with Crippen molar-refractivity contribution in [3.05, 3.63) is 54.1 Å². The average Bonchev–Trinajstić information content (AvgIpc) is 2.33. The van der Waals surface area contributed by atoms with Crippen LogP contribution in [0.2, 0.25) is 0 Å². The molecule has 0 spiro atoms. The van der Waals surface area contributed by atoms with Gasteiger partial charge >= 0.3 is 0 Å². The Labute approximate surface area is 99.4 Å². The number of hydrogen-bond acceptors (Lipinski definition) is 1. The van der Waals surface area contributed by atoms with Crippen molar-refractivity contribution >= 4 is 12.0 Å². The topological polar surface area (TPSA) is 43.1 Å². The Morgan fingerprint density at radius 3 is 2.41 bits per heavy atom. The predicted molar refractivity (Wildman–Crippen MR) is 69.1 cm³/mol. The SMILES string of the molecule is NC(=O)C=Cc1cccc2c1-c1ccccc1-2. The van der Waals surface area contributed by atoms with E-state index in [1.807, 2.05) is 24.3 Å². The second-order valence-corrected chi connectivity index (χ2v) is 4.05. The van der Waals surface area contributed by atoms with E-state index in [0.29, 0.717) is 0 Å².